The molecule has 1 nitrogen and oxygen atoms in total. The lowest BCUT2D eigenvalue weighted by Gasteiger charge is -2.22. The quantitative estimate of drug-likeness (QED) is 0.809. The summed E-state index contributed by atoms with van der Waals surface area (Å²) in [4.78, 5) is 0. The van der Waals surface area contributed by atoms with Crippen molar-refractivity contribution in [2.24, 2.45) is 0 Å². The van der Waals surface area contributed by atoms with Gasteiger partial charge in [-0.3, -0.25) is 0 Å². The van der Waals surface area contributed by atoms with Crippen LogP contribution in [0.4, 0.5) is 0 Å². The van der Waals surface area contributed by atoms with E-state index in [1.807, 2.05) is 30.0 Å². The predicted octanol–water partition coefficient (Wildman–Crippen LogP) is 4.79. The molecule has 0 aromatic heterocycles. The van der Waals surface area contributed by atoms with Crippen LogP contribution >= 0.6 is 35.0 Å². The summed E-state index contributed by atoms with van der Waals surface area (Å²) < 4.78 is 0. The molecule has 0 amide bonds. The minimum atomic E-state index is 0.221. The van der Waals surface area contributed by atoms with E-state index in [0.717, 1.165) is 27.8 Å². The molecule has 0 aliphatic rings. The van der Waals surface area contributed by atoms with Crippen LogP contribution in [0.2, 0.25) is 10.0 Å². The van der Waals surface area contributed by atoms with Crippen LogP contribution in [0.25, 0.3) is 0 Å². The Kier molecular flexibility index (Phi) is 6.71. The molecule has 0 fully saturated rings. The Morgan fingerprint density at radius 2 is 2.06 bits per heavy atom. The van der Waals surface area contributed by atoms with E-state index in [1.54, 1.807) is 0 Å². The van der Waals surface area contributed by atoms with Crippen molar-refractivity contribution in [3.05, 3.63) is 33.8 Å². The van der Waals surface area contributed by atoms with E-state index in [9.17, 15) is 0 Å². The van der Waals surface area contributed by atoms with Gasteiger partial charge in [0.05, 0.1) is 0 Å². The number of thioether (sulfide) groups is 1. The van der Waals surface area contributed by atoms with E-state index >= 15 is 0 Å². The maximum atomic E-state index is 6.19. The van der Waals surface area contributed by atoms with Crippen molar-refractivity contribution < 1.29 is 0 Å². The van der Waals surface area contributed by atoms with Crippen molar-refractivity contribution >= 4 is 35.0 Å². The average molecular weight is 292 g/mol. The Hall–Kier alpha value is 0.110. The Balaban J connectivity index is 2.74. The zero-order chi connectivity index (χ0) is 12.8. The molecule has 0 radical (unpaired) electrons. The first kappa shape index (κ1) is 15.2. The third-order valence-corrected chi connectivity index (χ3v) is 4.09. The van der Waals surface area contributed by atoms with Crippen LogP contribution in [-0.4, -0.2) is 18.1 Å². The average Bonchev–Trinajstić information content (AvgIpc) is 2.31. The number of benzene rings is 1. The predicted molar refractivity (Wildman–Crippen MR) is 80.5 cm³/mol. The third kappa shape index (κ3) is 4.70. The van der Waals surface area contributed by atoms with Gasteiger partial charge in [-0.25, -0.2) is 0 Å². The minimum Gasteiger partial charge on any atom is -0.307 e. The second-order valence-corrected chi connectivity index (χ2v) is 5.87. The lowest BCUT2D eigenvalue weighted by atomic mass is 10.1. The van der Waals surface area contributed by atoms with Crippen molar-refractivity contribution in [3.8, 4) is 0 Å². The first-order chi connectivity index (χ1) is 8.08. The zero-order valence-electron chi connectivity index (χ0n) is 10.5. The van der Waals surface area contributed by atoms with Gasteiger partial charge in [-0.1, -0.05) is 30.1 Å². The summed E-state index contributed by atoms with van der Waals surface area (Å²) in [6, 6.07) is 6.34. The van der Waals surface area contributed by atoms with Gasteiger partial charge in [0.15, 0.2) is 0 Å². The van der Waals surface area contributed by atoms with Gasteiger partial charge in [-0.05, 0) is 43.4 Å². The fourth-order valence-corrected chi connectivity index (χ4v) is 2.97. The van der Waals surface area contributed by atoms with Gasteiger partial charge in [0, 0.05) is 27.9 Å². The molecule has 1 aromatic carbocycles. The first-order valence-electron chi connectivity index (χ1n) is 5.78. The van der Waals surface area contributed by atoms with Crippen molar-refractivity contribution in [3.63, 3.8) is 0 Å². The fraction of sp³-hybridized carbons (Fsp3) is 0.538. The molecule has 0 saturated heterocycles. The maximum absolute atomic E-state index is 6.19. The molecule has 0 bridgehead atoms. The highest BCUT2D eigenvalue weighted by Crippen LogP contribution is 2.26. The number of nitrogens with one attached hydrogen (secondary N) is 1. The first-order valence-corrected chi connectivity index (χ1v) is 7.93. The molecule has 4 heteroatoms. The highest BCUT2D eigenvalue weighted by molar-refractivity contribution is 7.98. The molecule has 0 aliphatic heterocycles. The van der Waals surface area contributed by atoms with Crippen LogP contribution in [0.1, 0.15) is 31.9 Å². The van der Waals surface area contributed by atoms with Crippen molar-refractivity contribution in [2.45, 2.75) is 32.4 Å². The summed E-state index contributed by atoms with van der Waals surface area (Å²) in [6.07, 6.45) is 3.24. The Bertz CT molecular complexity index is 357. The molecule has 0 aliphatic carbocycles. The van der Waals surface area contributed by atoms with Gasteiger partial charge in [0.1, 0.15) is 0 Å². The molecule has 2 unspecified atom stereocenters. The van der Waals surface area contributed by atoms with Crippen LogP contribution < -0.4 is 5.32 Å². The second-order valence-electron chi connectivity index (χ2n) is 4.11. The van der Waals surface area contributed by atoms with Gasteiger partial charge >= 0.3 is 0 Å². The van der Waals surface area contributed by atoms with E-state index in [4.69, 9.17) is 23.2 Å². The number of halogens is 2. The molecule has 2 atom stereocenters. The SMILES string of the molecule is CCC(CSC)NC(C)c1cc(Cl)ccc1Cl. The lowest BCUT2D eigenvalue weighted by Crippen LogP contribution is -2.33. The van der Waals surface area contributed by atoms with E-state index < -0.39 is 0 Å². The van der Waals surface area contributed by atoms with Crippen molar-refractivity contribution in [2.75, 3.05) is 12.0 Å². The summed E-state index contributed by atoms with van der Waals surface area (Å²) in [5, 5.41) is 5.09. The topological polar surface area (TPSA) is 12.0 Å². The third-order valence-electron chi connectivity index (χ3n) is 2.77. The monoisotopic (exact) mass is 291 g/mol. The Labute approximate surface area is 118 Å². The van der Waals surface area contributed by atoms with Gasteiger partial charge in [-0.2, -0.15) is 11.8 Å². The van der Waals surface area contributed by atoms with E-state index in [-0.39, 0.29) is 6.04 Å². The van der Waals surface area contributed by atoms with Gasteiger partial charge in [0.2, 0.25) is 0 Å². The normalized spacial score (nSPS) is 14.6. The maximum Gasteiger partial charge on any atom is 0.0454 e. The zero-order valence-corrected chi connectivity index (χ0v) is 12.8. The van der Waals surface area contributed by atoms with E-state index in [1.165, 1.54) is 0 Å². The standard InChI is InChI=1S/C13H19Cl2NS/c1-4-11(8-17-3)16-9(2)12-7-10(14)5-6-13(12)15/h5-7,9,11,16H,4,8H2,1-3H3. The molecule has 0 spiro atoms. The Morgan fingerprint density at radius 1 is 1.35 bits per heavy atom. The number of hydrogen-bond acceptors (Lipinski definition) is 2. The molecule has 96 valence electrons. The molecule has 0 heterocycles. The highest BCUT2D eigenvalue weighted by atomic mass is 35.5. The largest absolute Gasteiger partial charge is 0.307 e. The smallest absolute Gasteiger partial charge is 0.0454 e. The fourth-order valence-electron chi connectivity index (χ4n) is 1.77. The summed E-state index contributed by atoms with van der Waals surface area (Å²) in [7, 11) is 0. The molecular weight excluding hydrogens is 273 g/mol. The van der Waals surface area contributed by atoms with Crippen molar-refractivity contribution in [1.29, 1.82) is 0 Å². The number of hydrogen-bond donors (Lipinski definition) is 1. The molecular formula is C13H19Cl2NS. The molecule has 17 heavy (non-hydrogen) atoms. The highest BCUT2D eigenvalue weighted by Gasteiger charge is 2.14. The molecule has 1 N–H and O–H groups in total. The molecule has 1 aromatic rings. The lowest BCUT2D eigenvalue weighted by molar-refractivity contribution is 0.475. The summed E-state index contributed by atoms with van der Waals surface area (Å²) >= 11 is 14.1. The van der Waals surface area contributed by atoms with Crippen LogP contribution in [0, 0.1) is 0 Å². The van der Waals surface area contributed by atoms with Gasteiger partial charge in [-0.15, -0.1) is 0 Å². The van der Waals surface area contributed by atoms with Crippen LogP contribution in [0.15, 0.2) is 18.2 Å². The summed E-state index contributed by atoms with van der Waals surface area (Å²) in [5.74, 6) is 1.11. The summed E-state index contributed by atoms with van der Waals surface area (Å²) in [5.41, 5.74) is 1.07. The summed E-state index contributed by atoms with van der Waals surface area (Å²) in [6.45, 7) is 4.32. The van der Waals surface area contributed by atoms with E-state index in [0.29, 0.717) is 6.04 Å². The minimum absolute atomic E-state index is 0.221. The number of rotatable bonds is 6. The van der Waals surface area contributed by atoms with Gasteiger partial charge < -0.3 is 5.32 Å². The van der Waals surface area contributed by atoms with Crippen LogP contribution in [-0.2, 0) is 0 Å². The Morgan fingerprint density at radius 3 is 2.65 bits per heavy atom. The van der Waals surface area contributed by atoms with Crippen LogP contribution in [0.3, 0.4) is 0 Å². The van der Waals surface area contributed by atoms with Crippen molar-refractivity contribution in [1.82, 2.24) is 5.32 Å². The second kappa shape index (κ2) is 7.52. The van der Waals surface area contributed by atoms with E-state index in [2.05, 4.69) is 25.4 Å². The van der Waals surface area contributed by atoms with Crippen LogP contribution in [0.5, 0.6) is 0 Å². The molecule has 0 saturated carbocycles. The molecule has 1 rings (SSSR count). The van der Waals surface area contributed by atoms with Gasteiger partial charge in [0.25, 0.3) is 0 Å².